The average Bonchev–Trinajstić information content (AvgIpc) is 1.85. The first-order valence-electron chi connectivity index (χ1n) is 3.55. The van der Waals surface area contributed by atoms with Crippen molar-refractivity contribution in [3.8, 4) is 0 Å². The van der Waals surface area contributed by atoms with Gasteiger partial charge in [0, 0.05) is 13.1 Å². The third-order valence-corrected chi connectivity index (χ3v) is 1.54. The predicted molar refractivity (Wildman–Crippen MR) is 57.3 cm³/mol. The summed E-state index contributed by atoms with van der Waals surface area (Å²) in [6.45, 7) is 2.97. The second-order valence-corrected chi connectivity index (χ2v) is 3.25. The summed E-state index contributed by atoms with van der Waals surface area (Å²) in [5.74, 6) is 0. The summed E-state index contributed by atoms with van der Waals surface area (Å²) in [6.07, 6.45) is 0.733. The molecule has 78 valence electrons. The van der Waals surface area contributed by atoms with Crippen molar-refractivity contribution in [1.82, 2.24) is 4.90 Å². The van der Waals surface area contributed by atoms with E-state index in [9.17, 15) is 5.11 Å². The van der Waals surface area contributed by atoms with Crippen molar-refractivity contribution >= 4 is 24.8 Å². The molecule has 0 aromatic carbocycles. The van der Waals surface area contributed by atoms with E-state index in [1.807, 2.05) is 19.0 Å². The Morgan fingerprint density at radius 3 is 2.00 bits per heavy atom. The van der Waals surface area contributed by atoms with Gasteiger partial charge in [0.25, 0.3) is 0 Å². The average molecular weight is 219 g/mol. The van der Waals surface area contributed by atoms with Gasteiger partial charge in [-0.2, -0.15) is 0 Å². The van der Waals surface area contributed by atoms with Gasteiger partial charge in [0.2, 0.25) is 0 Å². The topological polar surface area (TPSA) is 49.5 Å². The van der Waals surface area contributed by atoms with Gasteiger partial charge in [-0.1, -0.05) is 0 Å². The number of nitrogens with zero attached hydrogens (tertiary/aromatic N) is 1. The lowest BCUT2D eigenvalue weighted by atomic mass is 10.0. The smallest absolute Gasteiger partial charge is 0.0753 e. The van der Waals surface area contributed by atoms with Crippen molar-refractivity contribution in [3.63, 3.8) is 0 Å². The Labute approximate surface area is 87.1 Å². The molecule has 1 atom stereocenters. The third kappa shape index (κ3) is 10.5. The molecule has 5 heteroatoms. The zero-order valence-corrected chi connectivity index (χ0v) is 9.54. The van der Waals surface area contributed by atoms with E-state index in [1.54, 1.807) is 6.92 Å². The Morgan fingerprint density at radius 2 is 1.75 bits per heavy atom. The van der Waals surface area contributed by atoms with Crippen LogP contribution in [-0.4, -0.2) is 42.8 Å². The summed E-state index contributed by atoms with van der Waals surface area (Å²) in [5.41, 5.74) is 4.63. The fourth-order valence-corrected chi connectivity index (χ4v) is 0.567. The highest BCUT2D eigenvalue weighted by Gasteiger charge is 2.16. The van der Waals surface area contributed by atoms with Gasteiger partial charge in [-0.05, 0) is 27.4 Å². The molecule has 3 nitrogen and oxygen atoms in total. The SMILES string of the molecule is CN(C)CCC(C)(O)CN.Cl.Cl. The lowest BCUT2D eigenvalue weighted by Crippen LogP contribution is -2.37. The fourth-order valence-electron chi connectivity index (χ4n) is 0.567. The standard InChI is InChI=1S/C7H18N2O.2ClH/c1-7(10,6-8)4-5-9(2)3;;/h10H,4-6,8H2,1-3H3;2*1H. The van der Waals surface area contributed by atoms with Crippen molar-refractivity contribution in [3.05, 3.63) is 0 Å². The Balaban J connectivity index is -0.000000405. The van der Waals surface area contributed by atoms with Crippen molar-refractivity contribution in [2.45, 2.75) is 18.9 Å². The highest BCUT2D eigenvalue weighted by Crippen LogP contribution is 2.05. The van der Waals surface area contributed by atoms with Crippen LogP contribution in [0.1, 0.15) is 13.3 Å². The summed E-state index contributed by atoms with van der Waals surface area (Å²) in [4.78, 5) is 2.03. The number of hydrogen-bond acceptors (Lipinski definition) is 3. The summed E-state index contributed by atoms with van der Waals surface area (Å²) in [6, 6.07) is 0. The van der Waals surface area contributed by atoms with E-state index >= 15 is 0 Å². The molecule has 0 bridgehead atoms. The first-order chi connectivity index (χ1) is 4.48. The molecule has 12 heavy (non-hydrogen) atoms. The molecule has 0 heterocycles. The first-order valence-corrected chi connectivity index (χ1v) is 3.55. The molecule has 0 aliphatic heterocycles. The minimum atomic E-state index is -0.690. The quantitative estimate of drug-likeness (QED) is 0.723. The molecular formula is C7H20Cl2N2O. The van der Waals surface area contributed by atoms with E-state index < -0.39 is 5.60 Å². The molecule has 0 saturated carbocycles. The number of halogens is 2. The van der Waals surface area contributed by atoms with Crippen LogP contribution < -0.4 is 5.73 Å². The maximum atomic E-state index is 9.42. The molecule has 0 spiro atoms. The highest BCUT2D eigenvalue weighted by atomic mass is 35.5. The molecule has 0 aliphatic carbocycles. The van der Waals surface area contributed by atoms with Crippen LogP contribution in [0.4, 0.5) is 0 Å². The molecule has 1 unspecified atom stereocenters. The van der Waals surface area contributed by atoms with Gasteiger partial charge in [-0.25, -0.2) is 0 Å². The van der Waals surface area contributed by atoms with Crippen LogP contribution in [0.5, 0.6) is 0 Å². The highest BCUT2D eigenvalue weighted by molar-refractivity contribution is 5.85. The first kappa shape index (κ1) is 18.3. The molecule has 0 fully saturated rings. The van der Waals surface area contributed by atoms with Crippen LogP contribution >= 0.6 is 24.8 Å². The van der Waals surface area contributed by atoms with Crippen LogP contribution in [0.25, 0.3) is 0 Å². The normalized spacial score (nSPS) is 14.5. The number of rotatable bonds is 4. The minimum Gasteiger partial charge on any atom is -0.389 e. The summed E-state index contributed by atoms with van der Waals surface area (Å²) >= 11 is 0. The maximum Gasteiger partial charge on any atom is 0.0753 e. The van der Waals surface area contributed by atoms with Crippen LogP contribution in [-0.2, 0) is 0 Å². The van der Waals surface area contributed by atoms with E-state index in [0.29, 0.717) is 6.54 Å². The van der Waals surface area contributed by atoms with Gasteiger partial charge in [-0.3, -0.25) is 0 Å². The monoisotopic (exact) mass is 218 g/mol. The molecule has 0 saturated heterocycles. The summed E-state index contributed by atoms with van der Waals surface area (Å²) in [7, 11) is 3.96. The Morgan fingerprint density at radius 1 is 1.33 bits per heavy atom. The minimum absolute atomic E-state index is 0. The fraction of sp³-hybridized carbons (Fsp3) is 1.00. The molecule has 0 aromatic heterocycles. The number of aliphatic hydroxyl groups is 1. The summed E-state index contributed by atoms with van der Waals surface area (Å²) in [5, 5.41) is 9.42. The van der Waals surface area contributed by atoms with E-state index in [4.69, 9.17) is 5.73 Å². The lowest BCUT2D eigenvalue weighted by molar-refractivity contribution is 0.0526. The van der Waals surface area contributed by atoms with Crippen LogP contribution in [0.2, 0.25) is 0 Å². The molecule has 0 rings (SSSR count). The molecule has 0 aromatic rings. The third-order valence-electron chi connectivity index (χ3n) is 1.54. The zero-order valence-electron chi connectivity index (χ0n) is 7.91. The molecular weight excluding hydrogens is 199 g/mol. The molecule has 0 radical (unpaired) electrons. The van der Waals surface area contributed by atoms with Gasteiger partial charge in [0.1, 0.15) is 0 Å². The van der Waals surface area contributed by atoms with E-state index in [2.05, 4.69) is 0 Å². The lowest BCUT2D eigenvalue weighted by Gasteiger charge is -2.22. The Hall–Kier alpha value is 0.460. The van der Waals surface area contributed by atoms with Crippen LogP contribution in [0.3, 0.4) is 0 Å². The zero-order chi connectivity index (χ0) is 8.20. The number of nitrogens with two attached hydrogens (primary N) is 1. The van der Waals surface area contributed by atoms with Gasteiger partial charge in [0.15, 0.2) is 0 Å². The van der Waals surface area contributed by atoms with Gasteiger partial charge >= 0.3 is 0 Å². The molecule has 3 N–H and O–H groups in total. The van der Waals surface area contributed by atoms with Crippen molar-refractivity contribution in [1.29, 1.82) is 0 Å². The predicted octanol–water partition coefficient (Wildman–Crippen LogP) is 0.491. The summed E-state index contributed by atoms with van der Waals surface area (Å²) < 4.78 is 0. The van der Waals surface area contributed by atoms with Crippen molar-refractivity contribution in [2.75, 3.05) is 27.2 Å². The van der Waals surface area contributed by atoms with Crippen molar-refractivity contribution in [2.24, 2.45) is 5.73 Å². The van der Waals surface area contributed by atoms with E-state index in [0.717, 1.165) is 13.0 Å². The molecule has 0 aliphatic rings. The van der Waals surface area contributed by atoms with Gasteiger partial charge in [0.05, 0.1) is 5.60 Å². The maximum absolute atomic E-state index is 9.42. The Kier molecular flexibility index (Phi) is 12.3. The molecule has 0 amide bonds. The second kappa shape index (κ2) is 8.08. The Bertz CT molecular complexity index is 99.4. The number of hydrogen-bond donors (Lipinski definition) is 2. The van der Waals surface area contributed by atoms with E-state index in [1.165, 1.54) is 0 Å². The van der Waals surface area contributed by atoms with Gasteiger partial charge in [-0.15, -0.1) is 24.8 Å². The van der Waals surface area contributed by atoms with Gasteiger partial charge < -0.3 is 15.7 Å². The largest absolute Gasteiger partial charge is 0.389 e. The van der Waals surface area contributed by atoms with Crippen LogP contribution in [0, 0.1) is 0 Å². The van der Waals surface area contributed by atoms with E-state index in [-0.39, 0.29) is 24.8 Å². The second-order valence-electron chi connectivity index (χ2n) is 3.25. The van der Waals surface area contributed by atoms with Crippen LogP contribution in [0.15, 0.2) is 0 Å². The van der Waals surface area contributed by atoms with Crippen molar-refractivity contribution < 1.29 is 5.11 Å².